The van der Waals surface area contributed by atoms with Gasteiger partial charge in [0.15, 0.2) is 11.5 Å². The summed E-state index contributed by atoms with van der Waals surface area (Å²) in [5, 5.41) is 4.16. The molecule has 20 heavy (non-hydrogen) atoms. The molecule has 0 saturated carbocycles. The maximum absolute atomic E-state index is 6.24. The fraction of sp³-hybridized carbons (Fsp3) is 0.400. The summed E-state index contributed by atoms with van der Waals surface area (Å²) in [6.07, 6.45) is 5.66. The van der Waals surface area contributed by atoms with Gasteiger partial charge in [0.2, 0.25) is 0 Å². The second-order valence-corrected chi connectivity index (χ2v) is 4.78. The average molecular weight is 275 g/mol. The molecule has 2 N–H and O–H groups in total. The molecule has 0 aliphatic carbocycles. The molecule has 0 spiro atoms. The van der Waals surface area contributed by atoms with Gasteiger partial charge in [-0.1, -0.05) is 6.07 Å². The highest BCUT2D eigenvalue weighted by molar-refractivity contribution is 5.43. The minimum absolute atomic E-state index is 0.0324. The zero-order valence-electron chi connectivity index (χ0n) is 12.2. The van der Waals surface area contributed by atoms with Crippen LogP contribution in [0.1, 0.15) is 23.6 Å². The van der Waals surface area contributed by atoms with Crippen LogP contribution in [0, 0.1) is 0 Å². The van der Waals surface area contributed by atoms with Crippen molar-refractivity contribution in [3.05, 3.63) is 41.7 Å². The fourth-order valence-electron chi connectivity index (χ4n) is 2.17. The number of methoxy groups -OCH3 is 2. The molecule has 0 aliphatic heterocycles. The Morgan fingerprint density at radius 3 is 2.60 bits per heavy atom. The Hall–Kier alpha value is -2.01. The number of hydrogen-bond donors (Lipinski definition) is 1. The van der Waals surface area contributed by atoms with E-state index in [2.05, 4.69) is 5.10 Å². The number of hydrogen-bond acceptors (Lipinski definition) is 4. The standard InChI is InChI=1S/C15H21N3O2/c1-18-10-11(9-17-18)4-6-13(16)12-5-7-14(19-2)15(8-12)20-3/h5,7-10,13H,4,6,16H2,1-3H3. The molecule has 1 aromatic carbocycles. The van der Waals surface area contributed by atoms with Crippen LogP contribution in [-0.2, 0) is 13.5 Å². The monoisotopic (exact) mass is 275 g/mol. The Bertz CT molecular complexity index is 566. The first-order chi connectivity index (χ1) is 9.63. The molecule has 0 aliphatic rings. The third kappa shape index (κ3) is 3.30. The lowest BCUT2D eigenvalue weighted by Crippen LogP contribution is -2.11. The van der Waals surface area contributed by atoms with Gasteiger partial charge in [-0.25, -0.2) is 0 Å². The van der Waals surface area contributed by atoms with Crippen LogP contribution in [0.15, 0.2) is 30.6 Å². The van der Waals surface area contributed by atoms with Crippen molar-refractivity contribution in [3.8, 4) is 11.5 Å². The van der Waals surface area contributed by atoms with Crippen molar-refractivity contribution in [1.82, 2.24) is 9.78 Å². The van der Waals surface area contributed by atoms with Crippen LogP contribution < -0.4 is 15.2 Å². The summed E-state index contributed by atoms with van der Waals surface area (Å²) >= 11 is 0. The van der Waals surface area contributed by atoms with E-state index in [9.17, 15) is 0 Å². The predicted octanol–water partition coefficient (Wildman–Crippen LogP) is 2.07. The van der Waals surface area contributed by atoms with E-state index in [1.807, 2.05) is 37.6 Å². The summed E-state index contributed by atoms with van der Waals surface area (Å²) in [6.45, 7) is 0. The summed E-state index contributed by atoms with van der Waals surface area (Å²) < 4.78 is 12.3. The second kappa shape index (κ2) is 6.43. The lowest BCUT2D eigenvalue weighted by molar-refractivity contribution is 0.354. The molecule has 1 unspecified atom stereocenters. The van der Waals surface area contributed by atoms with Gasteiger partial charge in [-0.15, -0.1) is 0 Å². The van der Waals surface area contributed by atoms with Crippen molar-refractivity contribution >= 4 is 0 Å². The van der Waals surface area contributed by atoms with E-state index in [4.69, 9.17) is 15.2 Å². The van der Waals surface area contributed by atoms with E-state index >= 15 is 0 Å². The normalized spacial score (nSPS) is 12.2. The molecule has 0 fully saturated rings. The highest BCUT2D eigenvalue weighted by Gasteiger charge is 2.11. The van der Waals surface area contributed by atoms with Crippen LogP contribution in [0.2, 0.25) is 0 Å². The Morgan fingerprint density at radius 1 is 1.25 bits per heavy atom. The van der Waals surface area contributed by atoms with E-state index in [0.29, 0.717) is 5.75 Å². The number of benzene rings is 1. The van der Waals surface area contributed by atoms with Gasteiger partial charge in [-0.2, -0.15) is 5.10 Å². The van der Waals surface area contributed by atoms with E-state index in [-0.39, 0.29) is 6.04 Å². The number of aryl methyl sites for hydroxylation is 2. The Balaban J connectivity index is 2.03. The zero-order valence-corrected chi connectivity index (χ0v) is 12.2. The molecule has 2 rings (SSSR count). The maximum atomic E-state index is 6.24. The molecule has 1 heterocycles. The van der Waals surface area contributed by atoms with Gasteiger partial charge < -0.3 is 15.2 Å². The van der Waals surface area contributed by atoms with Crippen molar-refractivity contribution in [1.29, 1.82) is 0 Å². The Morgan fingerprint density at radius 2 is 2.00 bits per heavy atom. The lowest BCUT2D eigenvalue weighted by atomic mass is 10.0. The Kier molecular flexibility index (Phi) is 4.63. The van der Waals surface area contributed by atoms with Gasteiger partial charge >= 0.3 is 0 Å². The lowest BCUT2D eigenvalue weighted by Gasteiger charge is -2.14. The number of nitrogens with two attached hydrogens (primary N) is 1. The van der Waals surface area contributed by atoms with Crippen LogP contribution in [0.3, 0.4) is 0 Å². The summed E-state index contributed by atoms with van der Waals surface area (Å²) in [6, 6.07) is 5.77. The molecule has 0 bridgehead atoms. The minimum atomic E-state index is -0.0324. The van der Waals surface area contributed by atoms with E-state index < -0.39 is 0 Å². The highest BCUT2D eigenvalue weighted by atomic mass is 16.5. The molecule has 5 nitrogen and oxygen atoms in total. The van der Waals surface area contributed by atoms with Crippen molar-refractivity contribution < 1.29 is 9.47 Å². The molecule has 1 atom stereocenters. The molecular formula is C15H21N3O2. The molecular weight excluding hydrogens is 254 g/mol. The van der Waals surface area contributed by atoms with Crippen LogP contribution in [0.5, 0.6) is 11.5 Å². The predicted molar refractivity (Wildman–Crippen MR) is 78.0 cm³/mol. The van der Waals surface area contributed by atoms with E-state index in [1.54, 1.807) is 18.9 Å². The van der Waals surface area contributed by atoms with Crippen LogP contribution in [0.25, 0.3) is 0 Å². The molecule has 0 amide bonds. The van der Waals surface area contributed by atoms with Crippen molar-refractivity contribution in [2.75, 3.05) is 14.2 Å². The third-order valence-corrected chi connectivity index (χ3v) is 3.34. The average Bonchev–Trinajstić information content (AvgIpc) is 2.89. The number of ether oxygens (including phenoxy) is 2. The SMILES string of the molecule is COc1ccc(C(N)CCc2cnn(C)c2)cc1OC. The first-order valence-corrected chi connectivity index (χ1v) is 6.59. The third-order valence-electron chi connectivity index (χ3n) is 3.34. The quantitative estimate of drug-likeness (QED) is 0.876. The zero-order chi connectivity index (χ0) is 14.5. The van der Waals surface area contributed by atoms with Crippen molar-refractivity contribution in [2.45, 2.75) is 18.9 Å². The first kappa shape index (κ1) is 14.4. The molecule has 108 valence electrons. The summed E-state index contributed by atoms with van der Waals surface area (Å²) in [5.41, 5.74) is 8.49. The van der Waals surface area contributed by atoms with Gasteiger partial charge in [0.1, 0.15) is 0 Å². The smallest absolute Gasteiger partial charge is 0.161 e. The largest absolute Gasteiger partial charge is 0.493 e. The van der Waals surface area contributed by atoms with Gasteiger partial charge in [-0.3, -0.25) is 4.68 Å². The molecule has 0 saturated heterocycles. The van der Waals surface area contributed by atoms with E-state index in [0.717, 1.165) is 24.2 Å². The van der Waals surface area contributed by atoms with Crippen molar-refractivity contribution in [2.24, 2.45) is 12.8 Å². The Labute approximate surface area is 119 Å². The molecule has 0 radical (unpaired) electrons. The van der Waals surface area contributed by atoms with Crippen LogP contribution in [-0.4, -0.2) is 24.0 Å². The van der Waals surface area contributed by atoms with E-state index in [1.165, 1.54) is 5.56 Å². The summed E-state index contributed by atoms with van der Waals surface area (Å²) in [4.78, 5) is 0. The molecule has 1 aromatic heterocycles. The first-order valence-electron chi connectivity index (χ1n) is 6.59. The molecule has 2 aromatic rings. The minimum Gasteiger partial charge on any atom is -0.493 e. The number of nitrogens with zero attached hydrogens (tertiary/aromatic N) is 2. The topological polar surface area (TPSA) is 62.3 Å². The summed E-state index contributed by atoms with van der Waals surface area (Å²) in [7, 11) is 5.17. The summed E-state index contributed by atoms with van der Waals surface area (Å²) in [5.74, 6) is 1.43. The maximum Gasteiger partial charge on any atom is 0.161 e. The van der Waals surface area contributed by atoms with Gasteiger partial charge in [0, 0.05) is 19.3 Å². The van der Waals surface area contributed by atoms with Gasteiger partial charge in [0.05, 0.1) is 20.4 Å². The van der Waals surface area contributed by atoms with Crippen LogP contribution in [0.4, 0.5) is 0 Å². The van der Waals surface area contributed by atoms with Crippen LogP contribution >= 0.6 is 0 Å². The molecule has 5 heteroatoms. The van der Waals surface area contributed by atoms with Gasteiger partial charge in [0.25, 0.3) is 0 Å². The second-order valence-electron chi connectivity index (χ2n) is 4.78. The number of aromatic nitrogens is 2. The fourth-order valence-corrected chi connectivity index (χ4v) is 2.17. The van der Waals surface area contributed by atoms with Crippen molar-refractivity contribution in [3.63, 3.8) is 0 Å². The number of rotatable bonds is 6. The highest BCUT2D eigenvalue weighted by Crippen LogP contribution is 2.30. The van der Waals surface area contributed by atoms with Gasteiger partial charge in [-0.05, 0) is 36.1 Å².